The van der Waals surface area contributed by atoms with Gasteiger partial charge in [0.1, 0.15) is 5.82 Å². The molecule has 2 N–H and O–H groups in total. The molecule has 3 rings (SSSR count). The smallest absolute Gasteiger partial charge is 0.340 e. The number of pyridine rings is 1. The molecule has 1 heterocycles. The molecule has 2 aromatic carbocycles. The van der Waals surface area contributed by atoms with Gasteiger partial charge in [-0.25, -0.2) is 18.2 Å². The van der Waals surface area contributed by atoms with E-state index in [9.17, 15) is 18.0 Å². The summed E-state index contributed by atoms with van der Waals surface area (Å²) in [4.78, 5) is 28.1. The number of anilines is 2. The number of rotatable bonds is 7. The third kappa shape index (κ3) is 6.55. The molecule has 1 amide bonds. The van der Waals surface area contributed by atoms with Gasteiger partial charge in [-0.2, -0.15) is 0 Å². The lowest BCUT2D eigenvalue weighted by Gasteiger charge is -2.11. The van der Waals surface area contributed by atoms with Gasteiger partial charge in [-0.1, -0.05) is 23.2 Å². The van der Waals surface area contributed by atoms with Crippen LogP contribution in [0.4, 0.5) is 11.5 Å². The number of esters is 1. The average molecular weight is 606 g/mol. The van der Waals surface area contributed by atoms with Crippen molar-refractivity contribution in [3.8, 4) is 0 Å². The lowest BCUT2D eigenvalue weighted by molar-refractivity contribution is -0.119. The molecule has 0 unspecified atom stereocenters. The number of carbonyl (C=O) groups excluding carboxylic acids is 2. The van der Waals surface area contributed by atoms with Gasteiger partial charge in [0.25, 0.3) is 15.9 Å². The highest BCUT2D eigenvalue weighted by Crippen LogP contribution is 2.23. The Morgan fingerprint density at radius 3 is 2.41 bits per heavy atom. The van der Waals surface area contributed by atoms with Crippen LogP contribution in [0.2, 0.25) is 10.0 Å². The number of benzene rings is 2. The fraction of sp³-hybridized carbons (Fsp3) is 0.0500. The summed E-state index contributed by atoms with van der Waals surface area (Å²) in [5, 5.41) is 2.81. The minimum atomic E-state index is -3.99. The zero-order valence-electron chi connectivity index (χ0n) is 16.0. The van der Waals surface area contributed by atoms with Crippen molar-refractivity contribution in [2.24, 2.45) is 0 Å². The predicted octanol–water partition coefficient (Wildman–Crippen LogP) is 4.59. The molecule has 0 saturated heterocycles. The van der Waals surface area contributed by atoms with Crippen molar-refractivity contribution >= 4 is 79.2 Å². The highest BCUT2D eigenvalue weighted by atomic mass is 127. The number of sulfonamides is 1. The predicted molar refractivity (Wildman–Crippen MR) is 130 cm³/mol. The second-order valence-corrected chi connectivity index (χ2v) is 10.0. The van der Waals surface area contributed by atoms with Crippen LogP contribution < -0.4 is 10.0 Å². The van der Waals surface area contributed by atoms with Crippen LogP contribution in [0.1, 0.15) is 10.4 Å². The maximum atomic E-state index is 12.7. The number of halogens is 3. The van der Waals surface area contributed by atoms with E-state index in [1.165, 1.54) is 30.5 Å². The number of ether oxygens (including phenoxy) is 1. The molecule has 12 heteroatoms. The molecule has 0 fully saturated rings. The van der Waals surface area contributed by atoms with E-state index in [0.29, 0.717) is 10.7 Å². The van der Waals surface area contributed by atoms with Crippen LogP contribution in [0.15, 0.2) is 65.7 Å². The summed E-state index contributed by atoms with van der Waals surface area (Å²) in [6.07, 6.45) is 1.35. The average Bonchev–Trinajstić information content (AvgIpc) is 2.75. The molecule has 0 bridgehead atoms. The second kappa shape index (κ2) is 10.5. The Balaban J connectivity index is 1.68. The van der Waals surface area contributed by atoms with E-state index in [1.54, 1.807) is 24.3 Å². The summed E-state index contributed by atoms with van der Waals surface area (Å²) < 4.78 is 33.7. The van der Waals surface area contributed by atoms with Crippen molar-refractivity contribution in [3.63, 3.8) is 0 Å². The zero-order valence-corrected chi connectivity index (χ0v) is 20.5. The van der Waals surface area contributed by atoms with Crippen LogP contribution >= 0.6 is 45.8 Å². The first kappa shape index (κ1) is 24.2. The molecule has 0 saturated carbocycles. The molecule has 0 aliphatic carbocycles. The van der Waals surface area contributed by atoms with Gasteiger partial charge in [-0.05, 0) is 77.2 Å². The Kier molecular flexibility index (Phi) is 7.93. The molecular weight excluding hydrogens is 592 g/mol. The van der Waals surface area contributed by atoms with Crippen molar-refractivity contribution in [2.45, 2.75) is 4.90 Å². The summed E-state index contributed by atoms with van der Waals surface area (Å²) in [5.74, 6) is -1.38. The van der Waals surface area contributed by atoms with Crippen LogP contribution in [0.5, 0.6) is 0 Å². The van der Waals surface area contributed by atoms with Gasteiger partial charge in [0.2, 0.25) is 0 Å². The number of hydrogen-bond acceptors (Lipinski definition) is 6. The van der Waals surface area contributed by atoms with Crippen LogP contribution in [0.25, 0.3) is 0 Å². The minimum absolute atomic E-state index is 0.0250. The number of hydrogen-bond donors (Lipinski definition) is 2. The van der Waals surface area contributed by atoms with E-state index < -0.39 is 28.5 Å². The summed E-state index contributed by atoms with van der Waals surface area (Å²) in [6.45, 7) is -0.628. The summed E-state index contributed by atoms with van der Waals surface area (Å²) in [6, 6.07) is 13.3. The lowest BCUT2D eigenvalue weighted by atomic mass is 10.2. The van der Waals surface area contributed by atoms with Crippen LogP contribution in [0, 0.1) is 3.57 Å². The molecule has 0 radical (unpaired) electrons. The fourth-order valence-corrected chi connectivity index (χ4v) is 4.15. The fourth-order valence-electron chi connectivity index (χ4n) is 2.40. The molecular formula is C20H14Cl2IN3O5S. The second-order valence-electron chi connectivity index (χ2n) is 6.24. The first-order valence-electron chi connectivity index (χ1n) is 8.80. The van der Waals surface area contributed by atoms with Gasteiger partial charge in [0.15, 0.2) is 6.61 Å². The molecule has 0 aliphatic heterocycles. The first-order chi connectivity index (χ1) is 15.1. The highest BCUT2D eigenvalue weighted by Gasteiger charge is 2.20. The number of carbonyl (C=O) groups is 2. The highest BCUT2D eigenvalue weighted by molar-refractivity contribution is 14.1. The van der Waals surface area contributed by atoms with Crippen molar-refractivity contribution in [1.82, 2.24) is 4.98 Å². The van der Waals surface area contributed by atoms with Gasteiger partial charge in [0, 0.05) is 15.5 Å². The number of nitrogens with one attached hydrogen (secondary N) is 2. The number of aromatic nitrogens is 1. The maximum Gasteiger partial charge on any atom is 0.340 e. The largest absolute Gasteiger partial charge is 0.452 e. The van der Waals surface area contributed by atoms with E-state index in [2.05, 4.69) is 37.6 Å². The Labute approximate surface area is 207 Å². The van der Waals surface area contributed by atoms with E-state index in [-0.39, 0.29) is 21.3 Å². The van der Waals surface area contributed by atoms with Gasteiger partial charge >= 0.3 is 5.97 Å². The monoisotopic (exact) mass is 605 g/mol. The van der Waals surface area contributed by atoms with E-state index in [0.717, 1.165) is 9.64 Å². The third-order valence-electron chi connectivity index (χ3n) is 3.89. The van der Waals surface area contributed by atoms with Gasteiger partial charge in [-0.3, -0.25) is 9.52 Å². The van der Waals surface area contributed by atoms with Gasteiger partial charge in [-0.15, -0.1) is 0 Å². The molecule has 1 aromatic heterocycles. The van der Waals surface area contributed by atoms with E-state index >= 15 is 0 Å². The number of nitrogens with zero attached hydrogens (tertiary/aromatic N) is 1. The summed E-state index contributed by atoms with van der Waals surface area (Å²) in [7, 11) is -3.99. The molecule has 166 valence electrons. The number of amides is 1. The summed E-state index contributed by atoms with van der Waals surface area (Å²) in [5.41, 5.74) is 0.159. The Morgan fingerprint density at radius 1 is 1.03 bits per heavy atom. The standard InChI is InChI=1S/C20H14Cl2IN3O5S/c21-12-1-8-18(24-10-12)25-19(27)11-31-20(28)16-9-15(6-7-17(16)22)32(29,30)26-14-4-2-13(23)3-5-14/h1-10,26H,11H2,(H,24,25,27). The minimum Gasteiger partial charge on any atom is -0.452 e. The quantitative estimate of drug-likeness (QED) is 0.301. The zero-order chi connectivity index (χ0) is 23.3. The Hall–Kier alpha value is -2.41. The molecule has 3 aromatic rings. The van der Waals surface area contributed by atoms with Gasteiger partial charge in [0.05, 0.1) is 20.5 Å². The van der Waals surface area contributed by atoms with Crippen molar-refractivity contribution < 1.29 is 22.7 Å². The normalized spacial score (nSPS) is 11.0. The summed E-state index contributed by atoms with van der Waals surface area (Å²) >= 11 is 13.9. The lowest BCUT2D eigenvalue weighted by Crippen LogP contribution is -2.22. The van der Waals surface area contributed by atoms with E-state index in [1.807, 2.05) is 0 Å². The first-order valence-corrected chi connectivity index (χ1v) is 12.1. The van der Waals surface area contributed by atoms with Crippen molar-refractivity contribution in [3.05, 3.63) is 80.0 Å². The maximum absolute atomic E-state index is 12.7. The SMILES string of the molecule is O=C(COC(=O)c1cc(S(=O)(=O)Nc2ccc(I)cc2)ccc1Cl)Nc1ccc(Cl)cn1. The Bertz CT molecular complexity index is 1250. The van der Waals surface area contributed by atoms with Gasteiger partial charge < -0.3 is 10.1 Å². The van der Waals surface area contributed by atoms with Crippen LogP contribution in [0.3, 0.4) is 0 Å². The van der Waals surface area contributed by atoms with E-state index in [4.69, 9.17) is 27.9 Å². The van der Waals surface area contributed by atoms with Crippen molar-refractivity contribution in [1.29, 1.82) is 0 Å². The van der Waals surface area contributed by atoms with Crippen LogP contribution in [-0.2, 0) is 19.6 Å². The molecule has 0 aliphatic rings. The molecule has 0 spiro atoms. The molecule has 32 heavy (non-hydrogen) atoms. The van der Waals surface area contributed by atoms with Crippen molar-refractivity contribution in [2.75, 3.05) is 16.6 Å². The molecule has 0 atom stereocenters. The topological polar surface area (TPSA) is 114 Å². The van der Waals surface area contributed by atoms with Crippen LogP contribution in [-0.4, -0.2) is 31.9 Å². The third-order valence-corrected chi connectivity index (χ3v) is 6.55. The Morgan fingerprint density at radius 2 is 1.75 bits per heavy atom. The molecule has 8 nitrogen and oxygen atoms in total.